The van der Waals surface area contributed by atoms with Gasteiger partial charge in [-0.3, -0.25) is 0 Å². The van der Waals surface area contributed by atoms with Crippen LogP contribution in [0.1, 0.15) is 38.5 Å². The minimum atomic E-state index is 0.570. The van der Waals surface area contributed by atoms with Gasteiger partial charge < -0.3 is 21.3 Å². The lowest BCUT2D eigenvalue weighted by Crippen LogP contribution is -2.49. The first kappa shape index (κ1) is 12.3. The summed E-state index contributed by atoms with van der Waals surface area (Å²) in [6, 6.07) is 0. The third-order valence-corrected chi connectivity index (χ3v) is 3.51. The van der Waals surface area contributed by atoms with Crippen molar-refractivity contribution < 1.29 is 0 Å². The maximum absolute atomic E-state index is 3.52. The summed E-state index contributed by atoms with van der Waals surface area (Å²) in [5.41, 5.74) is 0. The third-order valence-electron chi connectivity index (χ3n) is 3.51. The predicted octanol–water partition coefficient (Wildman–Crippen LogP) is 0.365. The summed E-state index contributed by atoms with van der Waals surface area (Å²) in [4.78, 5) is 0. The Balaban J connectivity index is 1.47. The Kier molecular flexibility index (Phi) is 5.55. The van der Waals surface area contributed by atoms with Crippen LogP contribution in [-0.4, -0.2) is 38.5 Å². The maximum Gasteiger partial charge on any atom is 0.0571 e. The van der Waals surface area contributed by atoms with Crippen LogP contribution in [0, 0.1) is 0 Å². The molecule has 0 amide bonds. The van der Waals surface area contributed by atoms with Crippen LogP contribution in [0.15, 0.2) is 0 Å². The Hall–Kier alpha value is -0.160. The van der Waals surface area contributed by atoms with Gasteiger partial charge in [-0.2, -0.15) is 0 Å². The van der Waals surface area contributed by atoms with E-state index < -0.39 is 0 Å². The van der Waals surface area contributed by atoms with Gasteiger partial charge in [-0.05, 0) is 51.9 Å². The number of hydrogen-bond acceptors (Lipinski definition) is 4. The highest BCUT2D eigenvalue weighted by Gasteiger charge is 2.13. The molecule has 0 unspecified atom stereocenters. The van der Waals surface area contributed by atoms with Gasteiger partial charge in [-0.25, -0.2) is 0 Å². The summed E-state index contributed by atoms with van der Waals surface area (Å²) in [6.45, 7) is 4.74. The van der Waals surface area contributed by atoms with E-state index in [1.807, 2.05) is 0 Å². The van der Waals surface area contributed by atoms with Crippen molar-refractivity contribution in [3.05, 3.63) is 0 Å². The Bertz CT molecular complexity index is 154. The van der Waals surface area contributed by atoms with Crippen molar-refractivity contribution in [3.8, 4) is 0 Å². The zero-order valence-electron chi connectivity index (χ0n) is 10.2. The Morgan fingerprint density at radius 2 is 1.00 bits per heavy atom. The van der Waals surface area contributed by atoms with Gasteiger partial charge in [0.15, 0.2) is 0 Å². The lowest BCUT2D eigenvalue weighted by Gasteiger charge is -2.27. The first-order valence-electron chi connectivity index (χ1n) is 6.89. The van der Waals surface area contributed by atoms with Crippen LogP contribution in [0.2, 0.25) is 0 Å². The van der Waals surface area contributed by atoms with Gasteiger partial charge in [0.1, 0.15) is 0 Å². The minimum absolute atomic E-state index is 0.570. The van der Waals surface area contributed by atoms with E-state index in [2.05, 4.69) is 21.3 Å². The summed E-state index contributed by atoms with van der Waals surface area (Å²) in [5.74, 6) is 0. The smallest absolute Gasteiger partial charge is 0.0571 e. The van der Waals surface area contributed by atoms with Crippen LogP contribution in [0.5, 0.6) is 0 Å². The normalized spacial score (nSPS) is 24.8. The third kappa shape index (κ3) is 4.37. The standard InChI is InChI=1S/C12H26N4/c1(5-11-13-7-3-8-14-11)2-6-12-15-9-4-10-16-12/h11-16H,1-10H2. The fourth-order valence-corrected chi connectivity index (χ4v) is 2.53. The molecule has 0 aromatic carbocycles. The fraction of sp³-hybridized carbons (Fsp3) is 1.00. The number of nitrogens with one attached hydrogen (secondary N) is 4. The Labute approximate surface area is 98.9 Å². The van der Waals surface area contributed by atoms with Crippen molar-refractivity contribution in [2.24, 2.45) is 0 Å². The molecular weight excluding hydrogens is 200 g/mol. The van der Waals surface area contributed by atoms with Gasteiger partial charge in [0.25, 0.3) is 0 Å². The van der Waals surface area contributed by atoms with E-state index in [4.69, 9.17) is 0 Å². The van der Waals surface area contributed by atoms with E-state index in [0.717, 1.165) is 0 Å². The monoisotopic (exact) mass is 226 g/mol. The maximum atomic E-state index is 3.52. The molecule has 0 bridgehead atoms. The second kappa shape index (κ2) is 7.22. The van der Waals surface area contributed by atoms with Gasteiger partial charge in [-0.1, -0.05) is 12.8 Å². The minimum Gasteiger partial charge on any atom is -0.302 e. The topological polar surface area (TPSA) is 48.1 Å². The highest BCUT2D eigenvalue weighted by molar-refractivity contribution is 4.72. The zero-order chi connectivity index (χ0) is 11.1. The second-order valence-corrected chi connectivity index (χ2v) is 4.91. The molecule has 2 saturated heterocycles. The molecule has 2 fully saturated rings. The molecule has 0 spiro atoms. The molecule has 0 saturated carbocycles. The Morgan fingerprint density at radius 3 is 1.38 bits per heavy atom. The molecule has 0 aromatic rings. The van der Waals surface area contributed by atoms with Crippen LogP contribution in [0.4, 0.5) is 0 Å². The SMILES string of the molecule is C1CNC(CCCCC2NCCCN2)NC1. The fourth-order valence-electron chi connectivity index (χ4n) is 2.53. The van der Waals surface area contributed by atoms with Gasteiger partial charge in [-0.15, -0.1) is 0 Å². The second-order valence-electron chi connectivity index (χ2n) is 4.91. The van der Waals surface area contributed by atoms with Crippen LogP contribution in [0.25, 0.3) is 0 Å². The van der Waals surface area contributed by atoms with Crippen molar-refractivity contribution in [1.82, 2.24) is 21.3 Å². The average Bonchev–Trinajstić information content (AvgIpc) is 2.37. The molecule has 0 radical (unpaired) electrons. The molecular formula is C12H26N4. The van der Waals surface area contributed by atoms with E-state index in [-0.39, 0.29) is 0 Å². The molecule has 2 aliphatic heterocycles. The number of rotatable bonds is 5. The molecule has 2 heterocycles. The molecule has 4 N–H and O–H groups in total. The van der Waals surface area contributed by atoms with E-state index >= 15 is 0 Å². The van der Waals surface area contributed by atoms with Crippen LogP contribution in [0.3, 0.4) is 0 Å². The summed E-state index contributed by atoms with van der Waals surface area (Å²) in [5, 5.41) is 14.1. The Morgan fingerprint density at radius 1 is 0.625 bits per heavy atom. The van der Waals surface area contributed by atoms with Gasteiger partial charge >= 0.3 is 0 Å². The van der Waals surface area contributed by atoms with Crippen molar-refractivity contribution in [2.75, 3.05) is 26.2 Å². The lowest BCUT2D eigenvalue weighted by molar-refractivity contribution is 0.318. The number of hydrogen-bond donors (Lipinski definition) is 4. The zero-order valence-corrected chi connectivity index (χ0v) is 10.2. The molecule has 2 aliphatic rings. The van der Waals surface area contributed by atoms with E-state index in [1.165, 1.54) is 64.7 Å². The average molecular weight is 226 g/mol. The molecule has 4 nitrogen and oxygen atoms in total. The summed E-state index contributed by atoms with van der Waals surface area (Å²) in [7, 11) is 0. The van der Waals surface area contributed by atoms with Gasteiger partial charge in [0.05, 0.1) is 12.3 Å². The van der Waals surface area contributed by atoms with Crippen molar-refractivity contribution in [1.29, 1.82) is 0 Å². The molecule has 0 aromatic heterocycles. The molecule has 4 heteroatoms. The lowest BCUT2D eigenvalue weighted by atomic mass is 10.1. The molecule has 94 valence electrons. The highest BCUT2D eigenvalue weighted by Crippen LogP contribution is 2.07. The highest BCUT2D eigenvalue weighted by atomic mass is 15.1. The summed E-state index contributed by atoms with van der Waals surface area (Å²) < 4.78 is 0. The first-order chi connectivity index (χ1) is 7.95. The van der Waals surface area contributed by atoms with Crippen LogP contribution in [-0.2, 0) is 0 Å². The quantitative estimate of drug-likeness (QED) is 0.512. The molecule has 16 heavy (non-hydrogen) atoms. The first-order valence-corrected chi connectivity index (χ1v) is 6.89. The van der Waals surface area contributed by atoms with E-state index in [9.17, 15) is 0 Å². The van der Waals surface area contributed by atoms with Crippen molar-refractivity contribution >= 4 is 0 Å². The predicted molar refractivity (Wildman–Crippen MR) is 67.3 cm³/mol. The van der Waals surface area contributed by atoms with Gasteiger partial charge in [0, 0.05) is 0 Å². The molecule has 2 rings (SSSR count). The van der Waals surface area contributed by atoms with Crippen molar-refractivity contribution in [3.63, 3.8) is 0 Å². The van der Waals surface area contributed by atoms with Crippen molar-refractivity contribution in [2.45, 2.75) is 50.9 Å². The van der Waals surface area contributed by atoms with Crippen LogP contribution < -0.4 is 21.3 Å². The summed E-state index contributed by atoms with van der Waals surface area (Å²) in [6.07, 6.45) is 8.87. The van der Waals surface area contributed by atoms with Crippen LogP contribution >= 0.6 is 0 Å². The molecule has 0 atom stereocenters. The largest absolute Gasteiger partial charge is 0.302 e. The molecule has 0 aliphatic carbocycles. The van der Waals surface area contributed by atoms with E-state index in [0.29, 0.717) is 12.3 Å². The summed E-state index contributed by atoms with van der Waals surface area (Å²) >= 11 is 0. The number of unbranched alkanes of at least 4 members (excludes halogenated alkanes) is 1. The van der Waals surface area contributed by atoms with E-state index in [1.54, 1.807) is 0 Å². The van der Waals surface area contributed by atoms with Gasteiger partial charge in [0.2, 0.25) is 0 Å².